The van der Waals surface area contributed by atoms with Crippen LogP contribution >= 0.6 is 0 Å². The minimum atomic E-state index is -0.344. The summed E-state index contributed by atoms with van der Waals surface area (Å²) in [6, 6.07) is 14.8. The van der Waals surface area contributed by atoms with E-state index < -0.39 is 0 Å². The van der Waals surface area contributed by atoms with Gasteiger partial charge in [0.25, 0.3) is 0 Å². The second-order valence-electron chi connectivity index (χ2n) is 9.12. The largest absolute Gasteiger partial charge is 0.497 e. The number of aryl methyl sites for hydroxylation is 1. The van der Waals surface area contributed by atoms with E-state index in [2.05, 4.69) is 10.6 Å². The number of nitrogens with one attached hydrogen (secondary N) is 2. The third-order valence-corrected chi connectivity index (χ3v) is 6.80. The molecule has 0 bridgehead atoms. The second kappa shape index (κ2) is 11.9. The van der Waals surface area contributed by atoms with Gasteiger partial charge in [-0.1, -0.05) is 18.2 Å². The highest BCUT2D eigenvalue weighted by molar-refractivity contribution is 5.83. The van der Waals surface area contributed by atoms with E-state index in [4.69, 9.17) is 18.9 Å². The van der Waals surface area contributed by atoms with Crippen molar-refractivity contribution in [1.82, 2.24) is 5.32 Å². The van der Waals surface area contributed by atoms with E-state index in [0.717, 1.165) is 40.0 Å². The summed E-state index contributed by atoms with van der Waals surface area (Å²) >= 11 is 0. The van der Waals surface area contributed by atoms with Crippen molar-refractivity contribution < 1.29 is 23.7 Å². The number of anilines is 1. The van der Waals surface area contributed by atoms with Gasteiger partial charge in [-0.15, -0.1) is 0 Å². The Balaban J connectivity index is 1.78. The molecule has 8 heteroatoms. The summed E-state index contributed by atoms with van der Waals surface area (Å²) in [6.07, 6.45) is 2.00. The Hall–Kier alpha value is -4.20. The van der Waals surface area contributed by atoms with Crippen molar-refractivity contribution in [3.05, 3.63) is 75.4 Å². The lowest BCUT2D eigenvalue weighted by Gasteiger charge is -2.19. The molecule has 4 rings (SSSR count). The molecule has 0 spiro atoms. The molecule has 0 heterocycles. The molecule has 0 saturated heterocycles. The monoisotopic (exact) mass is 518 g/mol. The summed E-state index contributed by atoms with van der Waals surface area (Å²) in [7, 11) is 6.38. The van der Waals surface area contributed by atoms with Crippen LogP contribution in [-0.2, 0) is 17.6 Å². The van der Waals surface area contributed by atoms with Gasteiger partial charge in [0.15, 0.2) is 11.5 Å². The van der Waals surface area contributed by atoms with Crippen LogP contribution in [0.1, 0.15) is 36.1 Å². The summed E-state index contributed by atoms with van der Waals surface area (Å²) in [5.74, 6) is 2.21. The third kappa shape index (κ3) is 5.54. The molecule has 1 aliphatic carbocycles. The molecular weight excluding hydrogens is 484 g/mol. The van der Waals surface area contributed by atoms with Gasteiger partial charge in [-0.05, 0) is 71.8 Å². The molecule has 38 heavy (non-hydrogen) atoms. The number of carbonyl (C=O) groups is 1. The lowest BCUT2D eigenvalue weighted by molar-refractivity contribution is -0.119. The Bertz CT molecular complexity index is 1370. The van der Waals surface area contributed by atoms with Gasteiger partial charge in [0.2, 0.25) is 17.1 Å². The van der Waals surface area contributed by atoms with Gasteiger partial charge in [-0.2, -0.15) is 0 Å². The molecule has 0 aromatic heterocycles. The molecule has 200 valence electrons. The molecule has 3 aromatic rings. The Morgan fingerprint density at radius 1 is 0.921 bits per heavy atom. The first-order valence-electron chi connectivity index (χ1n) is 12.5. The van der Waals surface area contributed by atoms with E-state index >= 15 is 0 Å². The molecule has 2 N–H and O–H groups in total. The van der Waals surface area contributed by atoms with Crippen LogP contribution in [-0.4, -0.2) is 40.9 Å². The van der Waals surface area contributed by atoms with Gasteiger partial charge in [-0.3, -0.25) is 9.59 Å². The quantitative estimate of drug-likeness (QED) is 0.430. The number of ether oxygens (including phenoxy) is 4. The van der Waals surface area contributed by atoms with Crippen molar-refractivity contribution in [2.24, 2.45) is 0 Å². The van der Waals surface area contributed by atoms with E-state index in [0.29, 0.717) is 42.3 Å². The predicted molar refractivity (Wildman–Crippen MR) is 148 cm³/mol. The van der Waals surface area contributed by atoms with E-state index in [1.54, 1.807) is 40.6 Å². The van der Waals surface area contributed by atoms with Crippen LogP contribution in [0.25, 0.3) is 11.1 Å². The molecule has 0 fully saturated rings. The highest BCUT2D eigenvalue weighted by atomic mass is 16.5. The topological polar surface area (TPSA) is 95.1 Å². The Kier molecular flexibility index (Phi) is 8.41. The first kappa shape index (κ1) is 26.9. The maximum atomic E-state index is 13.4. The number of amides is 1. The summed E-state index contributed by atoms with van der Waals surface area (Å²) in [5.41, 5.74) is 4.81. The summed E-state index contributed by atoms with van der Waals surface area (Å²) in [5, 5.41) is 6.32. The number of carbonyl (C=O) groups excluding carboxylic acids is 1. The molecule has 0 unspecified atom stereocenters. The third-order valence-electron chi connectivity index (χ3n) is 6.80. The smallest absolute Gasteiger partial charge is 0.217 e. The zero-order valence-corrected chi connectivity index (χ0v) is 22.5. The predicted octanol–water partition coefficient (Wildman–Crippen LogP) is 4.53. The van der Waals surface area contributed by atoms with Crippen LogP contribution in [0.2, 0.25) is 0 Å². The molecule has 8 nitrogen and oxygen atoms in total. The lowest BCUT2D eigenvalue weighted by atomic mass is 9.95. The summed E-state index contributed by atoms with van der Waals surface area (Å²) < 4.78 is 22.3. The highest BCUT2D eigenvalue weighted by Crippen LogP contribution is 2.50. The minimum Gasteiger partial charge on any atom is -0.497 e. The lowest BCUT2D eigenvalue weighted by Crippen LogP contribution is -2.26. The van der Waals surface area contributed by atoms with Gasteiger partial charge < -0.3 is 29.6 Å². The minimum absolute atomic E-state index is 0.153. The summed E-state index contributed by atoms with van der Waals surface area (Å²) in [4.78, 5) is 25.5. The van der Waals surface area contributed by atoms with Crippen molar-refractivity contribution in [1.29, 1.82) is 0 Å². The maximum Gasteiger partial charge on any atom is 0.217 e. The zero-order valence-electron chi connectivity index (χ0n) is 22.5. The van der Waals surface area contributed by atoms with Crippen molar-refractivity contribution in [3.8, 4) is 34.1 Å². The normalized spacial score (nSPS) is 13.9. The Labute approximate surface area is 222 Å². The average Bonchev–Trinajstić information content (AvgIpc) is 3.16. The Morgan fingerprint density at radius 2 is 1.66 bits per heavy atom. The molecule has 3 aromatic carbocycles. The number of methoxy groups -OCH3 is 4. The molecular formula is C30H34N2O6. The van der Waals surface area contributed by atoms with Gasteiger partial charge in [0, 0.05) is 19.0 Å². The van der Waals surface area contributed by atoms with Gasteiger partial charge >= 0.3 is 0 Å². The van der Waals surface area contributed by atoms with Crippen molar-refractivity contribution in [2.75, 3.05) is 40.3 Å². The fraction of sp³-hybridized carbons (Fsp3) is 0.333. The van der Waals surface area contributed by atoms with Crippen LogP contribution in [0.4, 0.5) is 5.69 Å². The van der Waals surface area contributed by atoms with Crippen molar-refractivity contribution in [3.63, 3.8) is 0 Å². The first-order valence-corrected chi connectivity index (χ1v) is 12.5. The Morgan fingerprint density at radius 3 is 2.29 bits per heavy atom. The molecule has 1 amide bonds. The molecule has 1 aliphatic rings. The standard InChI is InChI=1S/C30H34N2O6/c1-18(33)32-24-12-8-20-16-27(36-3)29(37-4)30(38-5)28(20)22-11-13-25(26(34)17-23(22)24)31-15-14-19-6-9-21(35-2)10-7-19/h6-7,9-11,13,16-17,24H,8,12,14-15H2,1-5H3,(H,31,34)(H,32,33)/t24-/m0/s1. The number of rotatable bonds is 9. The van der Waals surface area contributed by atoms with Crippen molar-refractivity contribution in [2.45, 2.75) is 32.2 Å². The van der Waals surface area contributed by atoms with Crippen LogP contribution in [0.5, 0.6) is 23.0 Å². The SMILES string of the molecule is COc1ccc(CCNc2ccc3c(cc2=O)[C@@H](NC(C)=O)CCc2cc(OC)c(OC)c(OC)c2-3)cc1. The van der Waals surface area contributed by atoms with Crippen LogP contribution in [0, 0.1) is 0 Å². The zero-order chi connectivity index (χ0) is 27.2. The fourth-order valence-corrected chi connectivity index (χ4v) is 4.99. The van der Waals surface area contributed by atoms with Gasteiger partial charge in [-0.25, -0.2) is 0 Å². The molecule has 0 saturated carbocycles. The molecule has 1 atom stereocenters. The van der Waals surface area contributed by atoms with Crippen LogP contribution in [0.3, 0.4) is 0 Å². The molecule has 0 radical (unpaired) electrons. The number of hydrogen-bond donors (Lipinski definition) is 2. The number of benzene rings is 2. The maximum absolute atomic E-state index is 13.4. The fourth-order valence-electron chi connectivity index (χ4n) is 4.99. The van der Waals surface area contributed by atoms with Crippen molar-refractivity contribution >= 4 is 11.6 Å². The number of hydrogen-bond acceptors (Lipinski definition) is 7. The average molecular weight is 519 g/mol. The highest BCUT2D eigenvalue weighted by Gasteiger charge is 2.29. The van der Waals surface area contributed by atoms with E-state index in [-0.39, 0.29) is 17.4 Å². The van der Waals surface area contributed by atoms with E-state index in [1.807, 2.05) is 36.4 Å². The van der Waals surface area contributed by atoms with Gasteiger partial charge in [0.05, 0.1) is 40.2 Å². The van der Waals surface area contributed by atoms with Crippen LogP contribution < -0.4 is 35.0 Å². The van der Waals surface area contributed by atoms with Gasteiger partial charge in [0.1, 0.15) is 5.75 Å². The van der Waals surface area contributed by atoms with Crippen LogP contribution in [0.15, 0.2) is 53.3 Å². The number of fused-ring (bicyclic) bond motifs is 3. The van der Waals surface area contributed by atoms with E-state index in [9.17, 15) is 9.59 Å². The van der Waals surface area contributed by atoms with E-state index in [1.165, 1.54) is 6.92 Å². The second-order valence-corrected chi connectivity index (χ2v) is 9.12. The summed E-state index contributed by atoms with van der Waals surface area (Å²) in [6.45, 7) is 2.06. The first-order chi connectivity index (χ1) is 18.4. The molecule has 0 aliphatic heterocycles.